The van der Waals surface area contributed by atoms with Crippen molar-refractivity contribution in [3.05, 3.63) is 83.2 Å². The van der Waals surface area contributed by atoms with E-state index in [-0.39, 0.29) is 30.8 Å². The molecule has 0 aromatic heterocycles. The van der Waals surface area contributed by atoms with E-state index in [1.807, 2.05) is 41.3 Å². The average molecular weight is 466 g/mol. The first-order valence-electron chi connectivity index (χ1n) is 11.1. The Labute approximate surface area is 198 Å². The number of nitrogens with zero attached hydrogens (tertiary/aromatic N) is 1. The molecule has 7 heteroatoms. The lowest BCUT2D eigenvalue weighted by atomic mass is 9.91. The highest BCUT2D eigenvalue weighted by molar-refractivity contribution is 5.80. The summed E-state index contributed by atoms with van der Waals surface area (Å²) in [5.41, 5.74) is 2.79. The van der Waals surface area contributed by atoms with E-state index in [1.165, 1.54) is 12.1 Å². The number of rotatable bonds is 8. The first kappa shape index (κ1) is 23.4. The van der Waals surface area contributed by atoms with Crippen molar-refractivity contribution in [2.45, 2.75) is 18.9 Å². The fourth-order valence-electron chi connectivity index (χ4n) is 4.29. The van der Waals surface area contributed by atoms with Crippen molar-refractivity contribution in [1.82, 2.24) is 4.90 Å². The molecule has 0 spiro atoms. The van der Waals surface area contributed by atoms with Crippen LogP contribution in [0.5, 0.6) is 23.0 Å². The Kier molecular flexibility index (Phi) is 7.21. The number of fused-ring (bicyclic) bond motifs is 1. The molecule has 0 saturated carbocycles. The van der Waals surface area contributed by atoms with Crippen molar-refractivity contribution in [2.75, 3.05) is 34.5 Å². The quantitative estimate of drug-likeness (QED) is 0.487. The molecule has 1 heterocycles. The van der Waals surface area contributed by atoms with E-state index in [0.717, 1.165) is 16.7 Å². The van der Waals surface area contributed by atoms with E-state index < -0.39 is 0 Å². The molecule has 0 fully saturated rings. The van der Waals surface area contributed by atoms with Crippen LogP contribution >= 0.6 is 0 Å². The van der Waals surface area contributed by atoms with Crippen molar-refractivity contribution in [1.29, 1.82) is 0 Å². The van der Waals surface area contributed by atoms with Crippen LogP contribution in [0, 0.1) is 5.82 Å². The lowest BCUT2D eigenvalue weighted by Crippen LogP contribution is -2.43. The molecule has 0 radical (unpaired) electrons. The van der Waals surface area contributed by atoms with Crippen LogP contribution in [-0.2, 0) is 17.6 Å². The maximum Gasteiger partial charge on any atom is 0.227 e. The van der Waals surface area contributed by atoms with E-state index in [4.69, 9.17) is 18.9 Å². The number of carbonyl (C=O) groups is 1. The molecule has 1 aliphatic rings. The van der Waals surface area contributed by atoms with Gasteiger partial charge in [-0.05, 0) is 59.5 Å². The zero-order valence-corrected chi connectivity index (χ0v) is 19.5. The number of benzene rings is 3. The fourth-order valence-corrected chi connectivity index (χ4v) is 4.29. The third kappa shape index (κ3) is 4.93. The summed E-state index contributed by atoms with van der Waals surface area (Å²) in [6.45, 7) is 0.764. The molecule has 1 amide bonds. The second-order valence-corrected chi connectivity index (χ2v) is 8.02. The predicted octanol–water partition coefficient (Wildman–Crippen LogP) is 4.60. The van der Waals surface area contributed by atoms with Crippen LogP contribution in [0.4, 0.5) is 4.39 Å². The van der Waals surface area contributed by atoms with Gasteiger partial charge in [0.15, 0.2) is 23.0 Å². The highest BCUT2D eigenvalue weighted by Gasteiger charge is 2.33. The van der Waals surface area contributed by atoms with Gasteiger partial charge in [0, 0.05) is 6.54 Å². The summed E-state index contributed by atoms with van der Waals surface area (Å²) >= 11 is 0. The van der Waals surface area contributed by atoms with Gasteiger partial charge in [-0.1, -0.05) is 24.3 Å². The molecule has 178 valence electrons. The Bertz CT molecular complexity index is 1150. The molecule has 0 saturated heterocycles. The van der Waals surface area contributed by atoms with Gasteiger partial charge >= 0.3 is 0 Å². The number of methoxy groups -OCH3 is 3. The molecular weight excluding hydrogens is 437 g/mol. The first-order valence-corrected chi connectivity index (χ1v) is 11.1. The lowest BCUT2D eigenvalue weighted by molar-refractivity contribution is -0.134. The number of hydrogen-bond acceptors (Lipinski definition) is 5. The number of hydrogen-bond donors (Lipinski definition) is 0. The highest BCUT2D eigenvalue weighted by atomic mass is 19.1. The summed E-state index contributed by atoms with van der Waals surface area (Å²) in [4.78, 5) is 15.2. The van der Waals surface area contributed by atoms with Crippen molar-refractivity contribution in [2.24, 2.45) is 0 Å². The average Bonchev–Trinajstić information content (AvgIpc) is 2.87. The molecule has 1 aliphatic heterocycles. The molecule has 0 N–H and O–H groups in total. The van der Waals surface area contributed by atoms with Gasteiger partial charge in [-0.15, -0.1) is 0 Å². The van der Waals surface area contributed by atoms with Gasteiger partial charge < -0.3 is 23.8 Å². The first-order chi connectivity index (χ1) is 16.5. The number of para-hydroxylation sites is 2. The van der Waals surface area contributed by atoms with E-state index >= 15 is 0 Å². The maximum atomic E-state index is 13.4. The van der Waals surface area contributed by atoms with E-state index in [0.29, 0.717) is 36.0 Å². The minimum Gasteiger partial charge on any atom is -0.493 e. The Morgan fingerprint density at radius 3 is 2.24 bits per heavy atom. The second-order valence-electron chi connectivity index (χ2n) is 8.02. The number of ether oxygens (including phenoxy) is 4. The summed E-state index contributed by atoms with van der Waals surface area (Å²) in [6.07, 6.45) is 0.851. The number of amides is 1. The summed E-state index contributed by atoms with van der Waals surface area (Å²) < 4.78 is 35.9. The lowest BCUT2D eigenvalue weighted by Gasteiger charge is -2.38. The van der Waals surface area contributed by atoms with E-state index in [9.17, 15) is 9.18 Å². The zero-order chi connectivity index (χ0) is 24.1. The normalized spacial score (nSPS) is 14.8. The fraction of sp³-hybridized carbons (Fsp3) is 0.296. The molecular formula is C27H28FNO5. The minimum atomic E-state index is -0.346. The van der Waals surface area contributed by atoms with Gasteiger partial charge in [0.25, 0.3) is 0 Å². The second kappa shape index (κ2) is 10.5. The monoisotopic (exact) mass is 465 g/mol. The van der Waals surface area contributed by atoms with Crippen LogP contribution in [-0.4, -0.2) is 45.3 Å². The molecule has 3 aromatic rings. The van der Waals surface area contributed by atoms with Gasteiger partial charge in [0.1, 0.15) is 12.4 Å². The summed E-state index contributed by atoms with van der Waals surface area (Å²) in [5.74, 6) is 2.08. The Hall–Kier alpha value is -3.74. The Balaban J connectivity index is 1.66. The van der Waals surface area contributed by atoms with Crippen LogP contribution < -0.4 is 18.9 Å². The van der Waals surface area contributed by atoms with Gasteiger partial charge in [0.05, 0.1) is 33.8 Å². The molecule has 34 heavy (non-hydrogen) atoms. The van der Waals surface area contributed by atoms with Gasteiger partial charge in [0.2, 0.25) is 5.91 Å². The molecule has 4 rings (SSSR count). The highest BCUT2D eigenvalue weighted by Crippen LogP contribution is 2.39. The standard InChI is InChI=1S/C27H28FNO5/c1-31-23-6-4-5-7-24(23)34-17-22-21-16-26(33-3)25(32-2)15-19(21)12-13-29(22)27(30)14-18-8-10-20(28)11-9-18/h4-11,15-16,22H,12-14,17H2,1-3H3. The third-order valence-electron chi connectivity index (χ3n) is 6.06. The number of halogens is 1. The molecule has 1 unspecified atom stereocenters. The van der Waals surface area contributed by atoms with Gasteiger partial charge in [-0.25, -0.2) is 4.39 Å². The van der Waals surface area contributed by atoms with Crippen molar-refractivity contribution < 1.29 is 28.1 Å². The zero-order valence-electron chi connectivity index (χ0n) is 19.5. The van der Waals surface area contributed by atoms with Crippen LogP contribution in [0.25, 0.3) is 0 Å². The van der Waals surface area contributed by atoms with Crippen molar-refractivity contribution in [3.63, 3.8) is 0 Å². The molecule has 0 aliphatic carbocycles. The summed E-state index contributed by atoms with van der Waals surface area (Å²) in [5, 5.41) is 0. The predicted molar refractivity (Wildman–Crippen MR) is 126 cm³/mol. The van der Waals surface area contributed by atoms with E-state index in [1.54, 1.807) is 33.5 Å². The Morgan fingerprint density at radius 1 is 0.912 bits per heavy atom. The van der Waals surface area contributed by atoms with Crippen LogP contribution in [0.15, 0.2) is 60.7 Å². The Morgan fingerprint density at radius 2 is 1.56 bits per heavy atom. The van der Waals surface area contributed by atoms with Crippen LogP contribution in [0.2, 0.25) is 0 Å². The maximum absolute atomic E-state index is 13.4. The SMILES string of the molecule is COc1cc2c(cc1OC)C(COc1ccccc1OC)N(C(=O)Cc1ccc(F)cc1)CC2. The van der Waals surface area contributed by atoms with Crippen molar-refractivity contribution >= 4 is 5.91 Å². The number of carbonyl (C=O) groups excluding carboxylic acids is 1. The van der Waals surface area contributed by atoms with Crippen molar-refractivity contribution in [3.8, 4) is 23.0 Å². The topological polar surface area (TPSA) is 57.2 Å². The van der Waals surface area contributed by atoms with Crippen LogP contribution in [0.3, 0.4) is 0 Å². The summed E-state index contributed by atoms with van der Waals surface area (Å²) in [7, 11) is 4.78. The van der Waals surface area contributed by atoms with Gasteiger partial charge in [-0.3, -0.25) is 4.79 Å². The third-order valence-corrected chi connectivity index (χ3v) is 6.06. The largest absolute Gasteiger partial charge is 0.493 e. The smallest absolute Gasteiger partial charge is 0.227 e. The van der Waals surface area contributed by atoms with Gasteiger partial charge in [-0.2, -0.15) is 0 Å². The summed E-state index contributed by atoms with van der Waals surface area (Å²) in [6, 6.07) is 17.0. The minimum absolute atomic E-state index is 0.0549. The molecule has 1 atom stereocenters. The van der Waals surface area contributed by atoms with E-state index in [2.05, 4.69) is 0 Å². The van der Waals surface area contributed by atoms with Crippen LogP contribution in [0.1, 0.15) is 22.7 Å². The molecule has 0 bridgehead atoms. The molecule has 6 nitrogen and oxygen atoms in total. The molecule has 3 aromatic carbocycles.